The van der Waals surface area contributed by atoms with Gasteiger partial charge < -0.3 is 9.80 Å². The van der Waals surface area contributed by atoms with Gasteiger partial charge in [0.1, 0.15) is 0 Å². The van der Waals surface area contributed by atoms with Crippen LogP contribution in [0.2, 0.25) is 0 Å². The first kappa shape index (κ1) is 13.7. The van der Waals surface area contributed by atoms with E-state index >= 15 is 0 Å². The number of likely N-dealkylation sites (N-methyl/N-ethyl adjacent to an activating group) is 1. The molecule has 19 heavy (non-hydrogen) atoms. The Hall–Kier alpha value is -1.69. The second-order valence-corrected chi connectivity index (χ2v) is 4.88. The molecule has 0 N–H and O–H groups in total. The topological polar surface area (TPSA) is 39.7 Å². The molecule has 0 spiro atoms. The molecule has 0 saturated carbocycles. The van der Waals surface area contributed by atoms with Gasteiger partial charge in [-0.25, -0.2) is 4.39 Å². The van der Waals surface area contributed by atoms with E-state index < -0.39 is 0 Å². The Morgan fingerprint density at radius 1 is 1.37 bits per heavy atom. The fourth-order valence-corrected chi connectivity index (χ4v) is 2.10. The molecule has 0 unspecified atom stereocenters. The number of piperazine rings is 1. The van der Waals surface area contributed by atoms with Crippen molar-refractivity contribution in [2.75, 3.05) is 51.7 Å². The minimum atomic E-state index is -0.291. The number of halogens is 1. The summed E-state index contributed by atoms with van der Waals surface area (Å²) >= 11 is 0. The Morgan fingerprint density at radius 3 is 2.63 bits per heavy atom. The normalized spacial score (nSPS) is 16.5. The van der Waals surface area contributed by atoms with Gasteiger partial charge in [-0.15, -0.1) is 0 Å². The lowest BCUT2D eigenvalue weighted by atomic mass is 10.2. The van der Waals surface area contributed by atoms with Gasteiger partial charge in [0.15, 0.2) is 5.82 Å². The molecule has 0 aliphatic carbocycles. The van der Waals surface area contributed by atoms with Crippen molar-refractivity contribution >= 4 is 11.6 Å². The van der Waals surface area contributed by atoms with Crippen molar-refractivity contribution in [2.24, 2.45) is 0 Å². The van der Waals surface area contributed by atoms with Crippen LogP contribution in [0.5, 0.6) is 0 Å². The van der Waals surface area contributed by atoms with Gasteiger partial charge in [-0.2, -0.15) is 0 Å². The van der Waals surface area contributed by atoms with Crippen LogP contribution >= 0.6 is 0 Å². The Morgan fingerprint density at radius 2 is 2.05 bits per heavy atom. The highest BCUT2D eigenvalue weighted by Gasteiger charge is 2.21. The van der Waals surface area contributed by atoms with Crippen LogP contribution in [-0.2, 0) is 4.79 Å². The van der Waals surface area contributed by atoms with E-state index in [2.05, 4.69) is 9.88 Å². The van der Waals surface area contributed by atoms with Gasteiger partial charge in [0, 0.05) is 46.5 Å². The van der Waals surface area contributed by atoms with Gasteiger partial charge in [0.05, 0.1) is 18.4 Å². The van der Waals surface area contributed by atoms with Crippen molar-refractivity contribution in [1.29, 1.82) is 0 Å². The molecule has 2 rings (SSSR count). The van der Waals surface area contributed by atoms with Crippen molar-refractivity contribution in [1.82, 2.24) is 14.8 Å². The maximum absolute atomic E-state index is 13.6. The number of pyridine rings is 1. The zero-order valence-corrected chi connectivity index (χ0v) is 11.3. The monoisotopic (exact) mass is 266 g/mol. The fraction of sp³-hybridized carbons (Fsp3) is 0.538. The third-order valence-corrected chi connectivity index (χ3v) is 3.32. The maximum atomic E-state index is 13.6. The molecule has 1 amide bonds. The highest BCUT2D eigenvalue weighted by molar-refractivity contribution is 5.77. The van der Waals surface area contributed by atoms with Crippen LogP contribution in [0.1, 0.15) is 0 Å². The largest absolute Gasteiger partial charge is 0.367 e. The summed E-state index contributed by atoms with van der Waals surface area (Å²) in [6.07, 6.45) is 2.83. The summed E-state index contributed by atoms with van der Waals surface area (Å²) in [5, 5.41) is 0. The maximum Gasteiger partial charge on any atom is 0.236 e. The van der Waals surface area contributed by atoms with Crippen molar-refractivity contribution in [3.63, 3.8) is 0 Å². The number of hydrogen-bond donors (Lipinski definition) is 0. The summed E-state index contributed by atoms with van der Waals surface area (Å²) in [4.78, 5) is 21.1. The molecule has 5 nitrogen and oxygen atoms in total. The molecular weight excluding hydrogens is 247 g/mol. The van der Waals surface area contributed by atoms with E-state index in [0.717, 1.165) is 26.2 Å². The Bertz CT molecular complexity index is 444. The van der Waals surface area contributed by atoms with Gasteiger partial charge in [-0.05, 0) is 6.07 Å². The minimum absolute atomic E-state index is 0.101. The molecule has 1 aliphatic rings. The average molecular weight is 266 g/mol. The summed E-state index contributed by atoms with van der Waals surface area (Å²) in [5.41, 5.74) is 0.591. The number of carbonyl (C=O) groups is 1. The van der Waals surface area contributed by atoms with Crippen LogP contribution in [0.4, 0.5) is 10.1 Å². The van der Waals surface area contributed by atoms with Gasteiger partial charge in [0.25, 0.3) is 0 Å². The molecular formula is C13H19FN4O. The predicted molar refractivity (Wildman–Crippen MR) is 71.5 cm³/mol. The van der Waals surface area contributed by atoms with Gasteiger partial charge >= 0.3 is 0 Å². The average Bonchev–Trinajstić information content (AvgIpc) is 2.40. The Kier molecular flexibility index (Phi) is 4.31. The quantitative estimate of drug-likeness (QED) is 0.795. The molecule has 1 aliphatic heterocycles. The molecule has 2 heterocycles. The lowest BCUT2D eigenvalue weighted by Gasteiger charge is -2.36. The molecule has 1 aromatic rings. The van der Waals surface area contributed by atoms with E-state index in [1.807, 2.05) is 4.90 Å². The summed E-state index contributed by atoms with van der Waals surface area (Å²) in [5.74, 6) is -0.191. The molecule has 0 atom stereocenters. The third kappa shape index (κ3) is 3.41. The van der Waals surface area contributed by atoms with Crippen LogP contribution in [0.15, 0.2) is 18.5 Å². The highest BCUT2D eigenvalue weighted by Crippen LogP contribution is 2.19. The second kappa shape index (κ2) is 5.97. The highest BCUT2D eigenvalue weighted by atomic mass is 19.1. The molecule has 1 fully saturated rings. The number of rotatable bonds is 3. The summed E-state index contributed by atoms with van der Waals surface area (Å²) in [7, 11) is 3.51. The second-order valence-electron chi connectivity index (χ2n) is 4.88. The van der Waals surface area contributed by atoms with Gasteiger partial charge in [-0.3, -0.25) is 14.7 Å². The van der Waals surface area contributed by atoms with Crippen molar-refractivity contribution in [3.8, 4) is 0 Å². The number of nitrogens with zero attached hydrogens (tertiary/aromatic N) is 4. The molecule has 0 aromatic carbocycles. The van der Waals surface area contributed by atoms with E-state index in [4.69, 9.17) is 0 Å². The number of aromatic nitrogens is 1. The minimum Gasteiger partial charge on any atom is -0.367 e. The zero-order chi connectivity index (χ0) is 13.8. The molecule has 0 bridgehead atoms. The van der Waals surface area contributed by atoms with Crippen molar-refractivity contribution < 1.29 is 9.18 Å². The van der Waals surface area contributed by atoms with Crippen LogP contribution in [0.25, 0.3) is 0 Å². The molecule has 1 saturated heterocycles. The number of hydrogen-bond acceptors (Lipinski definition) is 4. The number of anilines is 1. The van der Waals surface area contributed by atoms with Crippen LogP contribution in [-0.4, -0.2) is 67.5 Å². The van der Waals surface area contributed by atoms with E-state index in [9.17, 15) is 9.18 Å². The summed E-state index contributed by atoms with van der Waals surface area (Å²) in [6, 6.07) is 1.69. The first-order valence-electron chi connectivity index (χ1n) is 6.35. The van der Waals surface area contributed by atoms with E-state index in [1.54, 1.807) is 31.3 Å². The smallest absolute Gasteiger partial charge is 0.236 e. The lowest BCUT2D eigenvalue weighted by Crippen LogP contribution is -2.49. The standard InChI is InChI=1S/C13H19FN4O/c1-16(2)13(19)10-17-5-7-18(8-6-17)12-3-4-15-9-11(12)14/h3-4,9H,5-8,10H2,1-2H3. The van der Waals surface area contributed by atoms with Gasteiger partial charge in [0.2, 0.25) is 5.91 Å². The van der Waals surface area contributed by atoms with Crippen molar-refractivity contribution in [3.05, 3.63) is 24.3 Å². The van der Waals surface area contributed by atoms with Crippen molar-refractivity contribution in [2.45, 2.75) is 0 Å². The summed E-state index contributed by atoms with van der Waals surface area (Å²) < 4.78 is 13.6. The molecule has 1 aromatic heterocycles. The summed E-state index contributed by atoms with van der Waals surface area (Å²) in [6.45, 7) is 3.41. The fourth-order valence-electron chi connectivity index (χ4n) is 2.10. The molecule has 104 valence electrons. The van der Waals surface area contributed by atoms with E-state index in [1.165, 1.54) is 6.20 Å². The number of carbonyl (C=O) groups excluding carboxylic acids is 1. The Labute approximate surface area is 112 Å². The lowest BCUT2D eigenvalue weighted by molar-refractivity contribution is -0.129. The van der Waals surface area contributed by atoms with Crippen LogP contribution in [0.3, 0.4) is 0 Å². The SMILES string of the molecule is CN(C)C(=O)CN1CCN(c2ccncc2F)CC1. The molecule has 6 heteroatoms. The number of amides is 1. The predicted octanol–water partition coefficient (Wildman–Crippen LogP) is 0.431. The third-order valence-electron chi connectivity index (χ3n) is 3.32. The molecule has 0 radical (unpaired) electrons. The first-order valence-corrected chi connectivity index (χ1v) is 6.35. The Balaban J connectivity index is 1.89. The van der Waals surface area contributed by atoms with E-state index in [0.29, 0.717) is 12.2 Å². The van der Waals surface area contributed by atoms with Crippen LogP contribution < -0.4 is 4.90 Å². The van der Waals surface area contributed by atoms with Gasteiger partial charge in [-0.1, -0.05) is 0 Å². The first-order chi connectivity index (χ1) is 9.08. The van der Waals surface area contributed by atoms with Crippen LogP contribution in [0, 0.1) is 5.82 Å². The zero-order valence-electron chi connectivity index (χ0n) is 11.3. The van der Waals surface area contributed by atoms with E-state index in [-0.39, 0.29) is 11.7 Å².